The highest BCUT2D eigenvalue weighted by molar-refractivity contribution is 7.88. The number of rotatable bonds is 7. The summed E-state index contributed by atoms with van der Waals surface area (Å²) in [5, 5.41) is 14.2. The number of amides is 3. The number of β-lactam (4-membered cyclic amide) rings is 1. The zero-order valence-electron chi connectivity index (χ0n) is 15.1. The van der Waals surface area contributed by atoms with E-state index in [4.69, 9.17) is 4.74 Å². The van der Waals surface area contributed by atoms with E-state index in [0.29, 0.717) is 5.75 Å². The van der Waals surface area contributed by atoms with E-state index in [1.165, 1.54) is 13.8 Å². The van der Waals surface area contributed by atoms with Crippen LogP contribution in [0.3, 0.4) is 0 Å². The Hall–Kier alpha value is -2.95. The highest BCUT2D eigenvalue weighted by Gasteiger charge is 2.78. The Kier molecular flexibility index (Phi) is 4.88. The van der Waals surface area contributed by atoms with Crippen LogP contribution in [0.4, 0.5) is 0 Å². The van der Waals surface area contributed by atoms with Gasteiger partial charge in [-0.25, -0.2) is 4.79 Å². The third kappa shape index (κ3) is 2.73. The second-order valence-corrected chi connectivity index (χ2v) is 9.09. The molecule has 4 atom stereocenters. The van der Waals surface area contributed by atoms with Gasteiger partial charge in [0.15, 0.2) is 12.6 Å². The van der Waals surface area contributed by atoms with Crippen molar-refractivity contribution in [1.29, 1.82) is 0 Å². The van der Waals surface area contributed by atoms with Gasteiger partial charge in [-0.05, 0) is 26.0 Å². The van der Waals surface area contributed by atoms with Crippen LogP contribution in [0.2, 0.25) is 0 Å². The molecule has 2 saturated heterocycles. The Morgan fingerprint density at radius 3 is 2.54 bits per heavy atom. The van der Waals surface area contributed by atoms with Crippen LogP contribution in [0, 0.1) is 0 Å². The van der Waals surface area contributed by atoms with Gasteiger partial charge in [-0.1, -0.05) is 18.2 Å². The number of carbonyl (C=O) groups excluding carboxylic acids is 3. The fourth-order valence-electron chi connectivity index (χ4n) is 3.60. The van der Waals surface area contributed by atoms with Gasteiger partial charge in [-0.3, -0.25) is 23.5 Å². The number of ether oxygens (including phenoxy) is 1. The summed E-state index contributed by atoms with van der Waals surface area (Å²) < 4.78 is 17.0. The van der Waals surface area contributed by atoms with E-state index in [0.717, 1.165) is 4.90 Å². The molecule has 0 saturated carbocycles. The maximum absolute atomic E-state index is 13.1. The summed E-state index contributed by atoms with van der Waals surface area (Å²) in [5.41, 5.74) is 0. The van der Waals surface area contributed by atoms with Crippen LogP contribution in [0.1, 0.15) is 13.8 Å². The number of carboxylic acid groups (broad SMARTS) is 1. The Morgan fingerprint density at radius 2 is 1.96 bits per heavy atom. The molecule has 1 aromatic carbocycles. The molecular formula is C17H19N3O7S. The van der Waals surface area contributed by atoms with Gasteiger partial charge in [0.1, 0.15) is 11.8 Å². The van der Waals surface area contributed by atoms with Crippen molar-refractivity contribution in [1.82, 2.24) is 15.5 Å². The smallest absolute Gasteiger partial charge is 0.328 e. The average Bonchev–Trinajstić information content (AvgIpc) is 2.82. The van der Waals surface area contributed by atoms with Crippen LogP contribution in [0.25, 0.3) is 0 Å². The first-order valence-electron chi connectivity index (χ1n) is 8.34. The molecule has 0 bridgehead atoms. The number of fused-ring (bicyclic) bond motifs is 1. The van der Waals surface area contributed by atoms with Crippen LogP contribution in [-0.2, 0) is 30.0 Å². The molecule has 2 fully saturated rings. The molecule has 150 valence electrons. The summed E-state index contributed by atoms with van der Waals surface area (Å²) in [6.45, 7) is 2.45. The molecule has 2 heterocycles. The van der Waals surface area contributed by atoms with Crippen LogP contribution >= 0.6 is 0 Å². The van der Waals surface area contributed by atoms with E-state index in [-0.39, 0.29) is 6.41 Å². The van der Waals surface area contributed by atoms with Crippen molar-refractivity contribution in [3.05, 3.63) is 30.3 Å². The van der Waals surface area contributed by atoms with E-state index < -0.39 is 57.0 Å². The molecule has 10 nitrogen and oxygen atoms in total. The minimum absolute atomic E-state index is 0.233. The first-order chi connectivity index (χ1) is 13.2. The third-order valence-corrected chi connectivity index (χ3v) is 7.12. The number of carbonyl (C=O) groups is 4. The van der Waals surface area contributed by atoms with Gasteiger partial charge in [0.05, 0.1) is 15.5 Å². The summed E-state index contributed by atoms with van der Waals surface area (Å²) in [4.78, 5) is 46.7. The topological polar surface area (TPSA) is 142 Å². The molecule has 2 unspecified atom stereocenters. The number of nitrogens with one attached hydrogen (secondary N) is 2. The lowest BCUT2D eigenvalue weighted by molar-refractivity contribution is -0.171. The fraction of sp³-hybridized carbons (Fsp3) is 0.412. The first-order valence-corrected chi connectivity index (χ1v) is 9.49. The molecule has 0 spiro atoms. The predicted octanol–water partition coefficient (Wildman–Crippen LogP) is -1.21. The SMILES string of the molecule is CC1(C)[C@H](C(=O)O)N2C(=O)[C@@H](NC(=O)COc3ccccc3)C2(NC=O)S1=O. The van der Waals surface area contributed by atoms with E-state index >= 15 is 0 Å². The highest BCUT2D eigenvalue weighted by atomic mass is 32.2. The Morgan fingerprint density at radius 1 is 1.32 bits per heavy atom. The summed E-state index contributed by atoms with van der Waals surface area (Å²) in [5.74, 6) is -2.33. The molecule has 3 amide bonds. The summed E-state index contributed by atoms with van der Waals surface area (Å²) in [6, 6.07) is 5.73. The van der Waals surface area contributed by atoms with Crippen LogP contribution in [-0.4, -0.2) is 66.8 Å². The molecule has 3 N–H and O–H groups in total. The normalized spacial score (nSPS) is 30.0. The standard InChI is InChI=1S/C17H19N3O7S/c1-16(2)13(15(24)25)20-14(23)12(17(20,18-9-21)28(16)26)19-11(22)8-27-10-6-4-3-5-7-10/h3-7,9,12-13H,8H2,1-2H3,(H,18,21)(H,19,22)(H,24,25)/t12-,13+,17?,28?/m1/s1. The van der Waals surface area contributed by atoms with Gasteiger partial charge in [-0.2, -0.15) is 0 Å². The summed E-state index contributed by atoms with van der Waals surface area (Å²) >= 11 is 0. The van der Waals surface area contributed by atoms with Gasteiger partial charge in [0.2, 0.25) is 11.4 Å². The Labute approximate surface area is 162 Å². The summed E-state index contributed by atoms with van der Waals surface area (Å²) in [7, 11) is -2.01. The minimum atomic E-state index is -2.01. The number of aliphatic carboxylic acids is 1. The van der Waals surface area contributed by atoms with E-state index in [1.807, 2.05) is 0 Å². The quantitative estimate of drug-likeness (QED) is 0.379. The molecule has 0 aromatic heterocycles. The van der Waals surface area contributed by atoms with Gasteiger partial charge < -0.3 is 20.5 Å². The lowest BCUT2D eigenvalue weighted by Crippen LogP contribution is -2.84. The van der Waals surface area contributed by atoms with Crippen molar-refractivity contribution < 1.29 is 33.2 Å². The number of para-hydroxylation sites is 1. The van der Waals surface area contributed by atoms with Crippen molar-refractivity contribution >= 4 is 35.0 Å². The largest absolute Gasteiger partial charge is 0.484 e. The Bertz CT molecular complexity index is 860. The lowest BCUT2D eigenvalue weighted by atomic mass is 9.93. The molecule has 11 heteroatoms. The molecule has 2 aliphatic rings. The van der Waals surface area contributed by atoms with E-state index in [1.54, 1.807) is 30.3 Å². The fourth-order valence-corrected chi connectivity index (χ4v) is 5.71. The minimum Gasteiger partial charge on any atom is -0.484 e. The van der Waals surface area contributed by atoms with Gasteiger partial charge in [0, 0.05) is 0 Å². The maximum atomic E-state index is 13.1. The third-order valence-electron chi connectivity index (χ3n) is 4.83. The highest BCUT2D eigenvalue weighted by Crippen LogP contribution is 2.49. The van der Waals surface area contributed by atoms with Gasteiger partial charge >= 0.3 is 5.97 Å². The van der Waals surface area contributed by atoms with E-state index in [9.17, 15) is 28.5 Å². The molecule has 0 radical (unpaired) electrons. The van der Waals surface area contributed by atoms with Crippen molar-refractivity contribution in [2.75, 3.05) is 6.61 Å². The number of nitrogens with zero attached hydrogens (tertiary/aromatic N) is 1. The second kappa shape index (κ2) is 6.89. The number of hydrogen-bond acceptors (Lipinski definition) is 6. The summed E-state index contributed by atoms with van der Waals surface area (Å²) in [6.07, 6.45) is 0.233. The molecular weight excluding hydrogens is 390 g/mol. The number of carboxylic acids is 1. The zero-order valence-corrected chi connectivity index (χ0v) is 15.9. The monoisotopic (exact) mass is 409 g/mol. The van der Waals surface area contributed by atoms with Crippen LogP contribution in [0.5, 0.6) is 5.75 Å². The first kappa shape index (κ1) is 19.8. The van der Waals surface area contributed by atoms with E-state index in [2.05, 4.69) is 10.6 Å². The average molecular weight is 409 g/mol. The van der Waals surface area contributed by atoms with Crippen molar-refractivity contribution in [3.63, 3.8) is 0 Å². The molecule has 1 aromatic rings. The number of hydrogen-bond donors (Lipinski definition) is 3. The Balaban J connectivity index is 1.81. The van der Waals surface area contributed by atoms with Gasteiger partial charge in [-0.15, -0.1) is 0 Å². The van der Waals surface area contributed by atoms with Gasteiger partial charge in [0.25, 0.3) is 11.8 Å². The van der Waals surface area contributed by atoms with Crippen molar-refractivity contribution in [2.45, 2.75) is 35.7 Å². The predicted molar refractivity (Wildman–Crippen MR) is 96.3 cm³/mol. The van der Waals surface area contributed by atoms with Crippen molar-refractivity contribution in [3.8, 4) is 5.75 Å². The maximum Gasteiger partial charge on any atom is 0.328 e. The van der Waals surface area contributed by atoms with Crippen LogP contribution in [0.15, 0.2) is 30.3 Å². The van der Waals surface area contributed by atoms with Crippen LogP contribution < -0.4 is 15.4 Å². The molecule has 0 aliphatic carbocycles. The molecule has 2 aliphatic heterocycles. The lowest BCUT2D eigenvalue weighted by Gasteiger charge is -2.52. The molecule has 28 heavy (non-hydrogen) atoms. The zero-order chi connectivity index (χ0) is 20.7. The molecule has 3 rings (SSSR count). The second-order valence-electron chi connectivity index (χ2n) is 6.88. The van der Waals surface area contributed by atoms with Crippen molar-refractivity contribution in [2.24, 2.45) is 0 Å². The number of benzene rings is 1.